The Hall–Kier alpha value is -3.93. The lowest BCUT2D eigenvalue weighted by Gasteiger charge is -2.05. The number of carbonyl (C=O) groups excluding carboxylic acids is 2. The number of benzene rings is 3. The second-order valence-electron chi connectivity index (χ2n) is 5.54. The molecular formula is C21H16N2O4. The molecule has 0 bridgehead atoms. The van der Waals surface area contributed by atoms with E-state index < -0.39 is 11.9 Å². The Morgan fingerprint density at radius 1 is 0.926 bits per heavy atom. The number of para-hydroxylation sites is 1. The first-order chi connectivity index (χ1) is 13.1. The number of hydrazone groups is 1. The Bertz CT molecular complexity index is 984. The Balaban J connectivity index is 1.64. The molecule has 0 heterocycles. The van der Waals surface area contributed by atoms with Crippen molar-refractivity contribution in [1.29, 1.82) is 0 Å². The number of nitrogens with zero attached hydrogens (tertiary/aromatic N) is 1. The number of ether oxygens (including phenoxy) is 1. The predicted molar refractivity (Wildman–Crippen MR) is 101 cm³/mol. The molecule has 0 saturated heterocycles. The highest BCUT2D eigenvalue weighted by Gasteiger charge is 2.09. The number of esters is 1. The van der Waals surface area contributed by atoms with Crippen LogP contribution >= 0.6 is 0 Å². The van der Waals surface area contributed by atoms with Crippen molar-refractivity contribution in [2.24, 2.45) is 5.10 Å². The van der Waals surface area contributed by atoms with Gasteiger partial charge in [0, 0.05) is 0 Å². The number of rotatable bonds is 5. The van der Waals surface area contributed by atoms with Gasteiger partial charge in [-0.2, -0.15) is 5.10 Å². The molecule has 0 unspecified atom stereocenters. The first-order valence-electron chi connectivity index (χ1n) is 8.12. The molecule has 3 aromatic rings. The molecule has 0 fully saturated rings. The first-order valence-corrected chi connectivity index (χ1v) is 8.12. The van der Waals surface area contributed by atoms with Gasteiger partial charge in [0.15, 0.2) is 0 Å². The molecule has 0 spiro atoms. The van der Waals surface area contributed by atoms with Crippen LogP contribution in [0.4, 0.5) is 0 Å². The van der Waals surface area contributed by atoms with Crippen LogP contribution in [0.5, 0.6) is 11.5 Å². The summed E-state index contributed by atoms with van der Waals surface area (Å²) in [6.45, 7) is 0. The summed E-state index contributed by atoms with van der Waals surface area (Å²) < 4.78 is 5.33. The zero-order valence-electron chi connectivity index (χ0n) is 14.2. The van der Waals surface area contributed by atoms with Crippen molar-refractivity contribution in [2.75, 3.05) is 0 Å². The molecule has 1 amide bonds. The van der Waals surface area contributed by atoms with Crippen molar-refractivity contribution < 1.29 is 19.4 Å². The Kier molecular flexibility index (Phi) is 5.59. The maximum atomic E-state index is 12.1. The van der Waals surface area contributed by atoms with Gasteiger partial charge in [-0.1, -0.05) is 42.5 Å². The van der Waals surface area contributed by atoms with Crippen molar-refractivity contribution in [3.63, 3.8) is 0 Å². The van der Waals surface area contributed by atoms with E-state index in [2.05, 4.69) is 10.5 Å². The molecule has 2 N–H and O–H groups in total. The van der Waals surface area contributed by atoms with Crippen molar-refractivity contribution in [3.8, 4) is 11.5 Å². The van der Waals surface area contributed by atoms with Gasteiger partial charge in [0.05, 0.1) is 17.3 Å². The number of nitrogens with one attached hydrogen (secondary N) is 1. The van der Waals surface area contributed by atoms with Crippen molar-refractivity contribution >= 4 is 18.1 Å². The standard InChI is InChI=1S/C21H16N2O4/c24-19-12-5-4-11-18(19)20(25)23-22-14-15-7-6-10-17(13-15)27-21(26)16-8-2-1-3-9-16/h1-14,24H,(H,23,25)/b22-14-. The number of aromatic hydroxyl groups is 1. The number of carbonyl (C=O) groups is 2. The number of hydrogen-bond donors (Lipinski definition) is 2. The van der Waals surface area contributed by atoms with Gasteiger partial charge >= 0.3 is 5.97 Å². The predicted octanol–water partition coefficient (Wildman–Crippen LogP) is 3.38. The van der Waals surface area contributed by atoms with E-state index in [-0.39, 0.29) is 11.3 Å². The van der Waals surface area contributed by atoms with Gasteiger partial charge in [-0.05, 0) is 42.0 Å². The van der Waals surface area contributed by atoms with E-state index in [4.69, 9.17) is 4.74 Å². The van der Waals surface area contributed by atoms with Crippen molar-refractivity contribution in [2.45, 2.75) is 0 Å². The number of amides is 1. The molecule has 27 heavy (non-hydrogen) atoms. The average molecular weight is 360 g/mol. The fourth-order valence-electron chi connectivity index (χ4n) is 2.29. The van der Waals surface area contributed by atoms with Crippen LogP contribution in [0, 0.1) is 0 Å². The minimum absolute atomic E-state index is 0.125. The highest BCUT2D eigenvalue weighted by Crippen LogP contribution is 2.16. The fourth-order valence-corrected chi connectivity index (χ4v) is 2.29. The van der Waals surface area contributed by atoms with Crippen LogP contribution < -0.4 is 10.2 Å². The molecule has 0 atom stereocenters. The van der Waals surface area contributed by atoms with Gasteiger partial charge in [0.25, 0.3) is 5.91 Å². The van der Waals surface area contributed by atoms with Crippen LogP contribution in [0.15, 0.2) is 84.0 Å². The van der Waals surface area contributed by atoms with Crippen molar-refractivity contribution in [3.05, 3.63) is 95.6 Å². The van der Waals surface area contributed by atoms with E-state index in [9.17, 15) is 14.7 Å². The average Bonchev–Trinajstić information content (AvgIpc) is 2.69. The molecule has 134 valence electrons. The summed E-state index contributed by atoms with van der Waals surface area (Å²) in [4.78, 5) is 24.1. The Morgan fingerprint density at radius 2 is 1.67 bits per heavy atom. The molecule has 0 aliphatic carbocycles. The second kappa shape index (κ2) is 8.44. The highest BCUT2D eigenvalue weighted by atomic mass is 16.5. The summed E-state index contributed by atoms with van der Waals surface area (Å²) in [7, 11) is 0. The number of hydrogen-bond acceptors (Lipinski definition) is 5. The van der Waals surface area contributed by atoms with Gasteiger partial charge in [-0.25, -0.2) is 10.2 Å². The third-order valence-electron chi connectivity index (χ3n) is 3.61. The molecule has 6 nitrogen and oxygen atoms in total. The van der Waals surface area contributed by atoms with Crippen LogP contribution in [0.2, 0.25) is 0 Å². The number of phenols is 1. The van der Waals surface area contributed by atoms with Gasteiger partial charge in [-0.3, -0.25) is 4.79 Å². The van der Waals surface area contributed by atoms with Gasteiger partial charge in [0.1, 0.15) is 11.5 Å². The quantitative estimate of drug-likeness (QED) is 0.316. The highest BCUT2D eigenvalue weighted by molar-refractivity contribution is 5.97. The summed E-state index contributed by atoms with van der Waals surface area (Å²) in [5, 5.41) is 13.5. The summed E-state index contributed by atoms with van der Waals surface area (Å²) in [6.07, 6.45) is 1.41. The normalized spacial score (nSPS) is 10.5. The SMILES string of the molecule is O=C(Oc1cccc(/C=N\NC(=O)c2ccccc2O)c1)c1ccccc1. The zero-order valence-corrected chi connectivity index (χ0v) is 14.2. The molecule has 3 rings (SSSR count). The van der Waals surface area contributed by atoms with Crippen LogP contribution in [-0.4, -0.2) is 23.2 Å². The zero-order chi connectivity index (χ0) is 19.1. The largest absolute Gasteiger partial charge is 0.507 e. The van der Waals surface area contributed by atoms with E-state index in [1.165, 1.54) is 18.3 Å². The lowest BCUT2D eigenvalue weighted by atomic mass is 10.2. The van der Waals surface area contributed by atoms with E-state index in [1.54, 1.807) is 60.7 Å². The molecule has 0 saturated carbocycles. The Morgan fingerprint density at radius 3 is 2.44 bits per heavy atom. The fraction of sp³-hybridized carbons (Fsp3) is 0. The molecular weight excluding hydrogens is 344 g/mol. The minimum atomic E-state index is -0.531. The van der Waals surface area contributed by atoms with Crippen LogP contribution in [-0.2, 0) is 0 Å². The third kappa shape index (κ3) is 4.79. The van der Waals surface area contributed by atoms with Crippen LogP contribution in [0.3, 0.4) is 0 Å². The first kappa shape index (κ1) is 17.9. The summed E-state index contributed by atoms with van der Waals surface area (Å²) in [6, 6.07) is 21.6. The lowest BCUT2D eigenvalue weighted by Crippen LogP contribution is -2.17. The van der Waals surface area contributed by atoms with Crippen LogP contribution in [0.1, 0.15) is 26.3 Å². The van der Waals surface area contributed by atoms with E-state index in [0.717, 1.165) is 0 Å². The van der Waals surface area contributed by atoms with Gasteiger partial charge in [0.2, 0.25) is 0 Å². The maximum Gasteiger partial charge on any atom is 0.343 e. The molecule has 0 aromatic heterocycles. The molecule has 3 aromatic carbocycles. The molecule has 0 radical (unpaired) electrons. The minimum Gasteiger partial charge on any atom is -0.507 e. The molecule has 0 aliphatic rings. The van der Waals surface area contributed by atoms with E-state index in [0.29, 0.717) is 16.9 Å². The summed E-state index contributed by atoms with van der Waals surface area (Å²) in [5.41, 5.74) is 3.54. The third-order valence-corrected chi connectivity index (χ3v) is 3.61. The molecule has 6 heteroatoms. The second-order valence-corrected chi connectivity index (χ2v) is 5.54. The van der Waals surface area contributed by atoms with Crippen molar-refractivity contribution in [1.82, 2.24) is 5.43 Å². The molecule has 0 aliphatic heterocycles. The number of phenolic OH excluding ortho intramolecular Hbond substituents is 1. The lowest BCUT2D eigenvalue weighted by molar-refractivity contribution is 0.0734. The summed E-state index contributed by atoms with van der Waals surface area (Å²) in [5.74, 6) is -0.756. The monoisotopic (exact) mass is 360 g/mol. The van der Waals surface area contributed by atoms with Crippen LogP contribution in [0.25, 0.3) is 0 Å². The van der Waals surface area contributed by atoms with Gasteiger partial charge < -0.3 is 9.84 Å². The summed E-state index contributed by atoms with van der Waals surface area (Å²) >= 11 is 0. The van der Waals surface area contributed by atoms with E-state index >= 15 is 0 Å². The topological polar surface area (TPSA) is 88.0 Å². The van der Waals surface area contributed by atoms with Gasteiger partial charge in [-0.15, -0.1) is 0 Å². The maximum absolute atomic E-state index is 12.1. The smallest absolute Gasteiger partial charge is 0.343 e. The van der Waals surface area contributed by atoms with E-state index in [1.807, 2.05) is 6.07 Å². The Labute approximate surface area is 155 Å².